The normalized spacial score (nSPS) is 35.3. The summed E-state index contributed by atoms with van der Waals surface area (Å²) in [6.45, 7) is 11.4. The van der Waals surface area contributed by atoms with Crippen molar-refractivity contribution in [3.8, 4) is 0 Å². The van der Waals surface area contributed by atoms with Crippen molar-refractivity contribution in [2.24, 2.45) is 17.8 Å². The van der Waals surface area contributed by atoms with Crippen LogP contribution >= 0.6 is 0 Å². The van der Waals surface area contributed by atoms with Crippen molar-refractivity contribution in [3.63, 3.8) is 0 Å². The number of carbonyl (C=O) groups excluding carboxylic acids is 9. The number of amides is 7. The smallest absolute Gasteiger partial charge is 0.253 e. The molecule has 1 spiro atoms. The van der Waals surface area contributed by atoms with E-state index < -0.39 is 127 Å². The van der Waals surface area contributed by atoms with E-state index in [1.807, 2.05) is 4.90 Å². The van der Waals surface area contributed by atoms with E-state index >= 15 is 0 Å². The van der Waals surface area contributed by atoms with E-state index in [1.54, 1.807) is 37.4 Å². The summed E-state index contributed by atoms with van der Waals surface area (Å²) in [5.41, 5.74) is 2.72. The molecular weight excluding hydrogens is 1300 g/mol. The summed E-state index contributed by atoms with van der Waals surface area (Å²) < 4.78 is 72.4. The quantitative estimate of drug-likeness (QED) is 0.0694. The number of nitrogens with zero attached hydrogens (tertiary/aromatic N) is 2. The fraction of sp³-hybridized carbons (Fsp3) is 0.708. The molecule has 12 aliphatic rings. The standard InChI is InChI=1S/C72H99N7O21/c1-40-26-47-10-12-53-41(2)27-49(93-53)16-19-72-33-58-67(99-72)68-69(98-58)70(100-72)66-54(97-68)13-11-48(95-66)29-45(80)30-50-56(32-55(94-47)42(40)3)96-57(65(50)90-4)31-46(81)34-73-61(85)36-76-71(89)51(28-43-8-6-5-7-9-43)77-62(86)37-75-60(84)35-74-59(83)18-20-78-22-24-91-38-44(39-92-25-23-78)52(82)17-21-79-63(87)14-15-64(79)88/h5-9,14-15,40,44,46-51,53-58,65-70,81H,2-3,10-13,16-39H2,1,4H3,(H,73,85)(H,74,83)(H,75,84)(H,76,89)(H,77,86)/t40-,46+,47+,48-,49+,50+,51+,53+,54+,55-,56+,57-,58-,65-,66+,67+,68?,69?,70+,72+/m1/s1. The monoisotopic (exact) mass is 1400 g/mol. The third kappa shape index (κ3) is 18.2. The van der Waals surface area contributed by atoms with Gasteiger partial charge in [-0.2, -0.15) is 0 Å². The second-order valence-corrected chi connectivity index (χ2v) is 28.9. The van der Waals surface area contributed by atoms with Crippen LogP contribution in [0.25, 0.3) is 0 Å². The minimum atomic E-state index is -1.17. The highest BCUT2D eigenvalue weighted by Gasteiger charge is 2.69. The molecule has 28 nitrogen and oxygen atoms in total. The van der Waals surface area contributed by atoms with Gasteiger partial charge in [-0.15, -0.1) is 0 Å². The second-order valence-electron chi connectivity index (χ2n) is 28.9. The van der Waals surface area contributed by atoms with Gasteiger partial charge in [0.25, 0.3) is 11.8 Å². The Labute approximate surface area is 582 Å². The van der Waals surface area contributed by atoms with Gasteiger partial charge in [-0.05, 0) is 67.6 Å². The van der Waals surface area contributed by atoms with E-state index in [2.05, 4.69) is 46.7 Å². The summed E-state index contributed by atoms with van der Waals surface area (Å²) in [6, 6.07) is 7.73. The fourth-order valence-electron chi connectivity index (χ4n) is 16.4. The van der Waals surface area contributed by atoms with Gasteiger partial charge < -0.3 is 83.8 Å². The number of aliphatic hydroxyl groups is 1. The molecule has 11 fully saturated rings. The van der Waals surface area contributed by atoms with Crippen LogP contribution in [-0.2, 0) is 102 Å². The van der Waals surface area contributed by atoms with E-state index in [0.29, 0.717) is 57.3 Å². The first-order valence-corrected chi connectivity index (χ1v) is 36.0. The lowest BCUT2D eigenvalue weighted by molar-refractivity contribution is -0.292. The molecule has 0 saturated carbocycles. The van der Waals surface area contributed by atoms with Gasteiger partial charge in [0.05, 0.1) is 119 Å². The van der Waals surface area contributed by atoms with Gasteiger partial charge in [0.2, 0.25) is 29.5 Å². The molecule has 11 saturated heterocycles. The van der Waals surface area contributed by atoms with Crippen LogP contribution in [0.3, 0.4) is 0 Å². The molecule has 20 atom stereocenters. The lowest BCUT2D eigenvalue weighted by atomic mass is 9.81. The Bertz CT molecular complexity index is 3160. The molecule has 0 radical (unpaired) electrons. The van der Waals surface area contributed by atoms with Gasteiger partial charge in [0, 0.05) is 116 Å². The highest BCUT2D eigenvalue weighted by atomic mass is 16.8. The number of carbonyl (C=O) groups is 9. The summed E-state index contributed by atoms with van der Waals surface area (Å²) in [6.07, 6.45) is 3.22. The zero-order valence-corrected chi connectivity index (χ0v) is 57.3. The first kappa shape index (κ1) is 73.5. The third-order valence-corrected chi connectivity index (χ3v) is 21.8. The van der Waals surface area contributed by atoms with Crippen LogP contribution in [0.1, 0.15) is 109 Å². The van der Waals surface area contributed by atoms with Gasteiger partial charge >= 0.3 is 0 Å². The first-order chi connectivity index (χ1) is 48.2. The second kappa shape index (κ2) is 33.5. The van der Waals surface area contributed by atoms with Crippen molar-refractivity contribution < 1.29 is 100 Å². The van der Waals surface area contributed by atoms with E-state index in [4.69, 9.17) is 52.1 Å². The van der Waals surface area contributed by atoms with E-state index in [-0.39, 0.29) is 150 Å². The van der Waals surface area contributed by atoms with Crippen LogP contribution in [0.5, 0.6) is 0 Å². The summed E-state index contributed by atoms with van der Waals surface area (Å²) in [7, 11) is 1.57. The summed E-state index contributed by atoms with van der Waals surface area (Å²) in [5.74, 6) is -5.93. The molecule has 12 heterocycles. The van der Waals surface area contributed by atoms with E-state index in [0.717, 1.165) is 48.2 Å². The number of rotatable bonds is 22. The fourth-order valence-corrected chi connectivity index (χ4v) is 16.4. The molecule has 12 aliphatic heterocycles. The first-order valence-electron chi connectivity index (χ1n) is 36.0. The number of Topliss-reactive ketones (excluding diaryl/α,β-unsaturated/α-hetero) is 2. The lowest BCUT2D eigenvalue weighted by Gasteiger charge is -2.47. The Morgan fingerprint density at radius 1 is 0.670 bits per heavy atom. The highest BCUT2D eigenvalue weighted by molar-refractivity contribution is 6.13. The molecule has 12 bridgehead atoms. The number of aliphatic hydroxyl groups excluding tert-OH is 1. The van der Waals surface area contributed by atoms with Crippen molar-refractivity contribution in [2.45, 2.75) is 219 Å². The molecule has 0 aliphatic carbocycles. The molecule has 7 amide bonds. The highest BCUT2D eigenvalue weighted by Crippen LogP contribution is 2.54. The maximum atomic E-state index is 14.6. The lowest BCUT2D eigenvalue weighted by Crippen LogP contribution is -2.61. The van der Waals surface area contributed by atoms with Gasteiger partial charge in [0.15, 0.2) is 5.79 Å². The molecule has 6 N–H and O–H groups in total. The Morgan fingerprint density at radius 2 is 1.35 bits per heavy atom. The molecule has 100 heavy (non-hydrogen) atoms. The number of imide groups is 1. The van der Waals surface area contributed by atoms with Gasteiger partial charge in [-0.25, -0.2) is 0 Å². The van der Waals surface area contributed by atoms with Crippen LogP contribution in [0.2, 0.25) is 0 Å². The average molecular weight is 1400 g/mol. The number of ether oxygens (including phenoxy) is 11. The number of ketones is 2. The van der Waals surface area contributed by atoms with E-state index in [9.17, 15) is 48.3 Å². The Morgan fingerprint density at radius 3 is 2.12 bits per heavy atom. The topological polar surface area (TPSA) is 342 Å². The Hall–Kier alpha value is -6.25. The maximum Gasteiger partial charge on any atom is 0.253 e. The number of hydrogen-bond acceptors (Lipinski definition) is 22. The molecular formula is C72H99N7O21. The van der Waals surface area contributed by atoms with Crippen LogP contribution in [0, 0.1) is 17.8 Å². The van der Waals surface area contributed by atoms with Crippen LogP contribution in [0.15, 0.2) is 66.8 Å². The summed E-state index contributed by atoms with van der Waals surface area (Å²) >= 11 is 0. The maximum absolute atomic E-state index is 14.6. The zero-order valence-electron chi connectivity index (χ0n) is 57.3. The molecule has 28 heteroatoms. The molecule has 548 valence electrons. The molecule has 2 unspecified atom stereocenters. The van der Waals surface area contributed by atoms with Crippen molar-refractivity contribution in [1.29, 1.82) is 0 Å². The zero-order chi connectivity index (χ0) is 70.2. The van der Waals surface area contributed by atoms with Crippen LogP contribution in [-0.4, -0.2) is 263 Å². The van der Waals surface area contributed by atoms with Gasteiger partial charge in [-0.1, -0.05) is 50.4 Å². The van der Waals surface area contributed by atoms with Gasteiger partial charge in [-0.3, -0.25) is 53.0 Å². The molecule has 1 aromatic carbocycles. The van der Waals surface area contributed by atoms with Crippen molar-refractivity contribution in [1.82, 2.24) is 36.4 Å². The van der Waals surface area contributed by atoms with Gasteiger partial charge in [0.1, 0.15) is 48.1 Å². The van der Waals surface area contributed by atoms with Crippen LogP contribution in [0.4, 0.5) is 0 Å². The molecule has 0 aromatic heterocycles. The number of nitrogens with one attached hydrogen (secondary N) is 5. The van der Waals surface area contributed by atoms with Crippen molar-refractivity contribution in [3.05, 3.63) is 72.4 Å². The van der Waals surface area contributed by atoms with E-state index in [1.165, 1.54) is 12.2 Å². The Kier molecular flexibility index (Phi) is 24.6. The predicted octanol–water partition coefficient (Wildman–Crippen LogP) is 0.911. The number of methoxy groups -OCH3 is 1. The number of fused-ring (bicyclic) bond motifs is 6. The largest absolute Gasteiger partial charge is 0.391 e. The van der Waals surface area contributed by atoms with Crippen LogP contribution < -0.4 is 26.6 Å². The minimum absolute atomic E-state index is 0.0137. The molecule has 13 rings (SSSR count). The summed E-state index contributed by atoms with van der Waals surface area (Å²) in [5, 5.41) is 24.6. The summed E-state index contributed by atoms with van der Waals surface area (Å²) in [4.78, 5) is 120. The number of hydrogen-bond donors (Lipinski definition) is 6. The SMILES string of the molecule is C=C1C[C@@H]2CC[C@@]34C[C@H]5OC6C(O[C@H]7CC[C@H](CC(=O)C[C@@H]8[C@@H](OC)[C@@H](C[C@H](O)CNC(=O)CNC(=O)[C@H](Cc9ccccc9)NC(=O)CNC(=O)CNC(=O)CCN9CCOCC(C(=O)CCN%10C(=O)C=CC%10=O)COCC9)O[C@H]8C[C@H]8O[C@@H](CC[C@@H]1O2)C[C@@H](C)C8=C)O[C@@H]7[C@@H]6O3)[C@H]5O4. The van der Waals surface area contributed by atoms with Crippen molar-refractivity contribution >= 4 is 52.9 Å². The average Bonchev–Trinajstić information content (AvgIpc) is 1.55. The predicted molar refractivity (Wildman–Crippen MR) is 353 cm³/mol. The molecule has 1 aromatic rings. The Balaban J connectivity index is 0.600. The van der Waals surface area contributed by atoms with Crippen molar-refractivity contribution in [2.75, 3.05) is 85.9 Å². The minimum Gasteiger partial charge on any atom is -0.391 e. The number of benzene rings is 1. The third-order valence-electron chi connectivity index (χ3n) is 21.8.